The average Bonchev–Trinajstić information content (AvgIpc) is 2.73. The molecule has 0 fully saturated rings. The van der Waals surface area contributed by atoms with Crippen LogP contribution in [0.4, 0.5) is 5.69 Å². The summed E-state index contributed by atoms with van der Waals surface area (Å²) in [5, 5.41) is 2.23. The van der Waals surface area contributed by atoms with E-state index in [0.717, 1.165) is 22.0 Å². The largest absolute Gasteiger partial charge is 0.463 e. The molecule has 3 rings (SSSR count). The summed E-state index contributed by atoms with van der Waals surface area (Å²) in [4.78, 5) is 14.3. The number of rotatable bonds is 4. The molecule has 1 aliphatic heterocycles. The molecule has 0 saturated heterocycles. The fourth-order valence-electron chi connectivity index (χ4n) is 2.48. The van der Waals surface area contributed by atoms with Crippen LogP contribution in [0, 0.1) is 0 Å². The highest BCUT2D eigenvalue weighted by atomic mass is 32.1. The third-order valence-electron chi connectivity index (χ3n) is 3.32. The first-order valence-electron chi connectivity index (χ1n) is 6.41. The maximum atomic E-state index is 11.8. The number of esters is 1. The molecule has 1 aliphatic rings. The van der Waals surface area contributed by atoms with E-state index < -0.39 is 0 Å². The topological polar surface area (TPSA) is 55.6 Å². The molecule has 0 amide bonds. The Hall–Kier alpha value is -1.98. The van der Waals surface area contributed by atoms with Crippen molar-refractivity contribution in [2.75, 3.05) is 24.6 Å². The van der Waals surface area contributed by atoms with Crippen molar-refractivity contribution in [2.24, 2.45) is 5.73 Å². The third kappa shape index (κ3) is 2.05. The number of carbonyl (C=O) groups excluding carboxylic acids is 1. The van der Waals surface area contributed by atoms with E-state index in [-0.39, 0.29) is 19.1 Å². The van der Waals surface area contributed by atoms with Crippen molar-refractivity contribution >= 4 is 39.6 Å². The van der Waals surface area contributed by atoms with Gasteiger partial charge in [0.25, 0.3) is 0 Å². The summed E-state index contributed by atoms with van der Waals surface area (Å²) in [6.07, 6.45) is 0. The van der Waals surface area contributed by atoms with Crippen LogP contribution in [0.15, 0.2) is 36.4 Å². The van der Waals surface area contributed by atoms with Crippen LogP contribution in [0.3, 0.4) is 0 Å². The Morgan fingerprint density at radius 2 is 2.00 bits per heavy atom. The highest BCUT2D eigenvalue weighted by Gasteiger charge is 2.28. The van der Waals surface area contributed by atoms with E-state index in [2.05, 4.69) is 0 Å². The summed E-state index contributed by atoms with van der Waals surface area (Å²) in [6.45, 7) is 0.676. The van der Waals surface area contributed by atoms with Crippen LogP contribution in [-0.2, 0) is 9.53 Å². The molecule has 20 heavy (non-hydrogen) atoms. The summed E-state index contributed by atoms with van der Waals surface area (Å²) in [6, 6.07) is 12.0. The maximum Gasteiger partial charge on any atom is 0.326 e. The molecule has 0 atom stereocenters. The second-order valence-corrected chi connectivity index (χ2v) is 4.97. The van der Waals surface area contributed by atoms with Crippen molar-refractivity contribution < 1.29 is 9.53 Å². The number of thiocarbonyl (C=S) groups is 1. The Kier molecular flexibility index (Phi) is 3.38. The van der Waals surface area contributed by atoms with Gasteiger partial charge in [-0.3, -0.25) is 4.79 Å². The number of hydrogen-bond acceptors (Lipinski definition) is 4. The third-order valence-corrected chi connectivity index (χ3v) is 3.76. The Balaban J connectivity index is 1.95. The Morgan fingerprint density at radius 3 is 2.75 bits per heavy atom. The molecule has 4 nitrogen and oxygen atoms in total. The summed E-state index contributed by atoms with van der Waals surface area (Å²) < 4.78 is 5.03. The molecule has 0 unspecified atom stereocenters. The lowest BCUT2D eigenvalue weighted by Gasteiger charge is -2.18. The minimum Gasteiger partial charge on any atom is -0.463 e. The van der Waals surface area contributed by atoms with E-state index in [1.807, 2.05) is 41.3 Å². The molecule has 5 heteroatoms. The number of ether oxygens (including phenoxy) is 1. The fourth-order valence-corrected chi connectivity index (χ4v) is 2.82. The van der Waals surface area contributed by atoms with Gasteiger partial charge < -0.3 is 15.4 Å². The molecule has 102 valence electrons. The highest BCUT2D eigenvalue weighted by molar-refractivity contribution is 7.81. The van der Waals surface area contributed by atoms with E-state index in [0.29, 0.717) is 11.5 Å². The predicted molar refractivity (Wildman–Crippen MR) is 83.0 cm³/mol. The number of nitrogens with zero attached hydrogens (tertiary/aromatic N) is 1. The van der Waals surface area contributed by atoms with Gasteiger partial charge >= 0.3 is 5.97 Å². The van der Waals surface area contributed by atoms with Crippen molar-refractivity contribution in [1.82, 2.24) is 0 Å². The molecule has 1 heterocycles. The van der Waals surface area contributed by atoms with Crippen LogP contribution >= 0.6 is 12.2 Å². The molecule has 0 bridgehead atoms. The van der Waals surface area contributed by atoms with Gasteiger partial charge in [0.15, 0.2) is 0 Å². The quantitative estimate of drug-likeness (QED) is 0.686. The fraction of sp³-hybridized carbons (Fsp3) is 0.200. The lowest BCUT2D eigenvalue weighted by molar-refractivity contribution is -0.141. The maximum absolute atomic E-state index is 11.8. The summed E-state index contributed by atoms with van der Waals surface area (Å²) in [5.41, 5.74) is 7.29. The number of anilines is 1. The minimum atomic E-state index is -0.317. The summed E-state index contributed by atoms with van der Waals surface area (Å²) in [7, 11) is 0. The molecule has 0 spiro atoms. The van der Waals surface area contributed by atoms with Gasteiger partial charge in [-0.2, -0.15) is 0 Å². The molecule has 0 aromatic heterocycles. The van der Waals surface area contributed by atoms with Gasteiger partial charge in [-0.1, -0.05) is 42.5 Å². The Bertz CT molecular complexity index is 694. The molecule has 2 aromatic rings. The van der Waals surface area contributed by atoms with E-state index in [1.165, 1.54) is 0 Å². The highest BCUT2D eigenvalue weighted by Crippen LogP contribution is 2.37. The minimum absolute atomic E-state index is 0.118. The number of benzene rings is 2. The van der Waals surface area contributed by atoms with Crippen LogP contribution in [0.2, 0.25) is 0 Å². The number of hydrogen-bond donors (Lipinski definition) is 1. The van der Waals surface area contributed by atoms with Crippen LogP contribution in [-0.4, -0.2) is 30.7 Å². The second-order valence-electron chi connectivity index (χ2n) is 4.58. The first-order valence-corrected chi connectivity index (χ1v) is 6.82. The van der Waals surface area contributed by atoms with E-state index >= 15 is 0 Å². The summed E-state index contributed by atoms with van der Waals surface area (Å²) >= 11 is 5.48. The average molecular weight is 286 g/mol. The lowest BCUT2D eigenvalue weighted by atomic mass is 10.1. The van der Waals surface area contributed by atoms with Gasteiger partial charge in [-0.15, -0.1) is 0 Å². The van der Waals surface area contributed by atoms with Gasteiger partial charge in [-0.05, 0) is 11.5 Å². The van der Waals surface area contributed by atoms with Crippen molar-refractivity contribution in [2.45, 2.75) is 0 Å². The monoisotopic (exact) mass is 286 g/mol. The van der Waals surface area contributed by atoms with Gasteiger partial charge in [0.2, 0.25) is 0 Å². The summed E-state index contributed by atoms with van der Waals surface area (Å²) in [5.74, 6) is -0.317. The zero-order chi connectivity index (χ0) is 14.1. The van der Waals surface area contributed by atoms with Gasteiger partial charge in [0, 0.05) is 17.5 Å². The first kappa shape index (κ1) is 13.0. The van der Waals surface area contributed by atoms with E-state index in [1.54, 1.807) is 0 Å². The zero-order valence-corrected chi connectivity index (χ0v) is 11.7. The van der Waals surface area contributed by atoms with Crippen LogP contribution in [0.1, 0.15) is 5.56 Å². The van der Waals surface area contributed by atoms with E-state index in [9.17, 15) is 4.79 Å². The number of carbonyl (C=O) groups is 1. The molecule has 0 radical (unpaired) electrons. The lowest BCUT2D eigenvalue weighted by Crippen LogP contribution is -2.33. The van der Waals surface area contributed by atoms with Gasteiger partial charge in [0.05, 0.1) is 5.69 Å². The van der Waals surface area contributed by atoms with Crippen molar-refractivity contribution in [3.05, 3.63) is 42.0 Å². The second kappa shape index (κ2) is 5.19. The molecule has 2 aromatic carbocycles. The Morgan fingerprint density at radius 1 is 1.25 bits per heavy atom. The predicted octanol–water partition coefficient (Wildman–Crippen LogP) is 1.84. The molecule has 2 N–H and O–H groups in total. The van der Waals surface area contributed by atoms with Crippen molar-refractivity contribution in [1.29, 1.82) is 0 Å². The first-order chi connectivity index (χ1) is 9.72. The van der Waals surface area contributed by atoms with Gasteiger partial charge in [-0.25, -0.2) is 0 Å². The molecule has 0 aliphatic carbocycles. The molecular weight excluding hydrogens is 272 g/mol. The van der Waals surface area contributed by atoms with Crippen molar-refractivity contribution in [3.8, 4) is 0 Å². The van der Waals surface area contributed by atoms with Crippen molar-refractivity contribution in [3.63, 3.8) is 0 Å². The SMILES string of the molecule is NCCOC(=O)CN1C(=S)c2cccc3cccc1c23. The molecule has 0 saturated carbocycles. The number of nitrogens with two attached hydrogens (primary N) is 1. The van der Waals surface area contributed by atoms with Gasteiger partial charge in [0.1, 0.15) is 18.1 Å². The standard InChI is InChI=1S/C15H14N2O2S/c16-7-8-19-13(18)9-17-12-6-2-4-10-3-1-5-11(14(10)12)15(17)20/h1-6H,7-9,16H2. The van der Waals surface area contributed by atoms with E-state index in [4.69, 9.17) is 22.7 Å². The normalized spacial score (nSPS) is 13.1. The Labute approximate surface area is 122 Å². The zero-order valence-electron chi connectivity index (χ0n) is 10.8. The van der Waals surface area contributed by atoms with Crippen LogP contribution in [0.25, 0.3) is 10.8 Å². The van der Waals surface area contributed by atoms with Crippen LogP contribution in [0.5, 0.6) is 0 Å². The molecular formula is C15H14N2O2S. The smallest absolute Gasteiger partial charge is 0.326 e. The van der Waals surface area contributed by atoms with Crippen LogP contribution < -0.4 is 10.6 Å².